The van der Waals surface area contributed by atoms with Gasteiger partial charge in [-0.1, -0.05) is 0 Å². The molecule has 1 fully saturated rings. The van der Waals surface area contributed by atoms with Gasteiger partial charge in [-0.3, -0.25) is 0 Å². The Morgan fingerprint density at radius 1 is 1.36 bits per heavy atom. The normalized spacial score (nSPS) is 19.0. The lowest BCUT2D eigenvalue weighted by molar-refractivity contribution is 0.196. The number of anilines is 1. The molecule has 1 saturated heterocycles. The molecule has 0 aliphatic carbocycles. The van der Waals surface area contributed by atoms with E-state index in [0.717, 1.165) is 6.42 Å². The summed E-state index contributed by atoms with van der Waals surface area (Å²) in [6.45, 7) is 2.27. The minimum Gasteiger partial charge on any atom is -0.373 e. The molecular weight excluding hydrogens is 304 g/mol. The number of rotatable bonds is 4. The SMILES string of the molecule is CNc1cc([C@@H]2CCN2S(=O)(=O)c2cn(C)cn2)nc(C)n1. The maximum atomic E-state index is 12.6. The van der Waals surface area contributed by atoms with Crippen LogP contribution in [0.1, 0.15) is 24.0 Å². The highest BCUT2D eigenvalue weighted by molar-refractivity contribution is 7.89. The predicted octanol–water partition coefficient (Wildman–Crippen LogP) is 0.696. The van der Waals surface area contributed by atoms with Gasteiger partial charge in [-0.05, 0) is 13.3 Å². The lowest BCUT2D eigenvalue weighted by Crippen LogP contribution is -2.45. The summed E-state index contributed by atoms with van der Waals surface area (Å²) in [5.74, 6) is 1.30. The summed E-state index contributed by atoms with van der Waals surface area (Å²) in [4.78, 5) is 12.6. The van der Waals surface area contributed by atoms with Crippen LogP contribution in [0.5, 0.6) is 0 Å². The van der Waals surface area contributed by atoms with Gasteiger partial charge in [0.15, 0.2) is 5.03 Å². The Morgan fingerprint density at radius 2 is 2.14 bits per heavy atom. The molecular formula is C13H18N6O2S. The third kappa shape index (κ3) is 2.46. The maximum absolute atomic E-state index is 12.6. The van der Waals surface area contributed by atoms with Crippen LogP contribution in [-0.2, 0) is 17.1 Å². The highest BCUT2D eigenvalue weighted by atomic mass is 32.2. The van der Waals surface area contributed by atoms with Crippen LogP contribution in [0.3, 0.4) is 0 Å². The van der Waals surface area contributed by atoms with E-state index in [9.17, 15) is 8.42 Å². The van der Waals surface area contributed by atoms with Gasteiger partial charge in [-0.25, -0.2) is 23.4 Å². The van der Waals surface area contributed by atoms with Gasteiger partial charge in [-0.2, -0.15) is 4.31 Å². The van der Waals surface area contributed by atoms with Crippen LogP contribution in [-0.4, -0.2) is 45.8 Å². The van der Waals surface area contributed by atoms with Crippen LogP contribution >= 0.6 is 0 Å². The molecule has 3 heterocycles. The van der Waals surface area contributed by atoms with Crippen LogP contribution in [0.15, 0.2) is 23.6 Å². The molecule has 0 aromatic carbocycles. The van der Waals surface area contributed by atoms with E-state index in [0.29, 0.717) is 23.9 Å². The van der Waals surface area contributed by atoms with Gasteiger partial charge in [0.05, 0.1) is 18.1 Å². The third-order valence-electron chi connectivity index (χ3n) is 3.68. The van der Waals surface area contributed by atoms with Crippen molar-refractivity contribution in [3.63, 3.8) is 0 Å². The van der Waals surface area contributed by atoms with Crippen molar-refractivity contribution in [1.82, 2.24) is 23.8 Å². The van der Waals surface area contributed by atoms with E-state index in [1.54, 1.807) is 31.7 Å². The largest absolute Gasteiger partial charge is 0.373 e. The molecule has 1 atom stereocenters. The number of aryl methyl sites for hydroxylation is 2. The molecule has 0 radical (unpaired) electrons. The van der Waals surface area contributed by atoms with Crippen molar-refractivity contribution >= 4 is 15.8 Å². The summed E-state index contributed by atoms with van der Waals surface area (Å²) >= 11 is 0. The fourth-order valence-corrected chi connectivity index (χ4v) is 4.09. The van der Waals surface area contributed by atoms with Crippen molar-refractivity contribution in [2.24, 2.45) is 7.05 Å². The number of sulfonamides is 1. The van der Waals surface area contributed by atoms with Gasteiger partial charge in [-0.15, -0.1) is 0 Å². The van der Waals surface area contributed by atoms with Crippen LogP contribution < -0.4 is 5.32 Å². The van der Waals surface area contributed by atoms with Crippen molar-refractivity contribution in [3.05, 3.63) is 30.1 Å². The van der Waals surface area contributed by atoms with Crippen LogP contribution in [0.25, 0.3) is 0 Å². The Morgan fingerprint density at radius 3 is 2.68 bits per heavy atom. The second kappa shape index (κ2) is 5.33. The summed E-state index contributed by atoms with van der Waals surface area (Å²) in [7, 11) is -0.0754. The summed E-state index contributed by atoms with van der Waals surface area (Å²) in [5, 5.41) is 3.03. The van der Waals surface area contributed by atoms with Crippen LogP contribution in [0.2, 0.25) is 0 Å². The number of imidazole rings is 1. The lowest BCUT2D eigenvalue weighted by atomic mass is 10.0. The molecule has 3 rings (SSSR count). The van der Waals surface area contributed by atoms with Crippen molar-refractivity contribution in [3.8, 4) is 0 Å². The Kier molecular flexibility index (Phi) is 3.61. The maximum Gasteiger partial charge on any atom is 0.262 e. The van der Waals surface area contributed by atoms with Gasteiger partial charge in [0.2, 0.25) is 0 Å². The van der Waals surface area contributed by atoms with Crippen molar-refractivity contribution in [2.45, 2.75) is 24.4 Å². The van der Waals surface area contributed by atoms with Gasteiger partial charge < -0.3 is 9.88 Å². The standard InChI is InChI=1S/C13H18N6O2S/c1-9-16-10(6-12(14-2)17-9)11-4-5-19(11)22(20,21)13-7-18(3)8-15-13/h6-8,11H,4-5H2,1-3H3,(H,14,16,17)/t11-/m0/s1. The predicted molar refractivity (Wildman–Crippen MR) is 80.8 cm³/mol. The molecule has 2 aromatic rings. The number of hydrogen-bond acceptors (Lipinski definition) is 6. The Balaban J connectivity index is 1.93. The molecule has 118 valence electrons. The fraction of sp³-hybridized carbons (Fsp3) is 0.462. The lowest BCUT2D eigenvalue weighted by Gasteiger charge is -2.38. The first kappa shape index (κ1) is 14.9. The Bertz CT molecular complexity index is 801. The van der Waals surface area contributed by atoms with E-state index in [1.165, 1.54) is 16.8 Å². The molecule has 1 N–H and O–H groups in total. The Labute approximate surface area is 129 Å². The summed E-state index contributed by atoms with van der Waals surface area (Å²) < 4.78 is 28.3. The highest BCUT2D eigenvalue weighted by Crippen LogP contribution is 2.37. The molecule has 0 spiro atoms. The average Bonchev–Trinajstić information content (AvgIpc) is 2.83. The smallest absolute Gasteiger partial charge is 0.262 e. The molecule has 0 amide bonds. The molecule has 0 saturated carbocycles. The second-order valence-electron chi connectivity index (χ2n) is 5.27. The summed E-state index contributed by atoms with van der Waals surface area (Å²) in [6.07, 6.45) is 3.73. The first-order valence-electron chi connectivity index (χ1n) is 6.95. The molecule has 2 aromatic heterocycles. The van der Waals surface area contributed by atoms with Gasteiger partial charge >= 0.3 is 0 Å². The third-order valence-corrected chi connectivity index (χ3v) is 5.47. The summed E-state index contributed by atoms with van der Waals surface area (Å²) in [5.41, 5.74) is 0.711. The van der Waals surface area contributed by atoms with Crippen molar-refractivity contribution in [2.75, 3.05) is 18.9 Å². The zero-order valence-corrected chi connectivity index (χ0v) is 13.5. The monoisotopic (exact) mass is 322 g/mol. The van der Waals surface area contributed by atoms with Crippen LogP contribution in [0, 0.1) is 6.92 Å². The first-order valence-corrected chi connectivity index (χ1v) is 8.39. The van der Waals surface area contributed by atoms with Crippen LogP contribution in [0.4, 0.5) is 5.82 Å². The molecule has 8 nitrogen and oxygen atoms in total. The van der Waals surface area contributed by atoms with E-state index in [1.807, 2.05) is 0 Å². The molecule has 0 bridgehead atoms. The van der Waals surface area contributed by atoms with E-state index >= 15 is 0 Å². The second-order valence-corrected chi connectivity index (χ2v) is 7.11. The quantitative estimate of drug-likeness (QED) is 0.890. The molecule has 1 aliphatic heterocycles. The molecule has 0 unspecified atom stereocenters. The zero-order chi connectivity index (χ0) is 15.9. The van der Waals surface area contributed by atoms with Gasteiger partial charge in [0.1, 0.15) is 11.6 Å². The van der Waals surface area contributed by atoms with Gasteiger partial charge in [0.25, 0.3) is 10.0 Å². The minimum absolute atomic E-state index is 0.0688. The van der Waals surface area contributed by atoms with E-state index in [2.05, 4.69) is 20.3 Å². The fourth-order valence-electron chi connectivity index (χ4n) is 2.48. The van der Waals surface area contributed by atoms with Crippen molar-refractivity contribution in [1.29, 1.82) is 0 Å². The summed E-state index contributed by atoms with van der Waals surface area (Å²) in [6, 6.07) is 1.53. The average molecular weight is 322 g/mol. The molecule has 1 aliphatic rings. The zero-order valence-electron chi connectivity index (χ0n) is 12.7. The van der Waals surface area contributed by atoms with E-state index in [4.69, 9.17) is 0 Å². The minimum atomic E-state index is -3.59. The number of nitrogens with zero attached hydrogens (tertiary/aromatic N) is 5. The molecule has 22 heavy (non-hydrogen) atoms. The van der Waals surface area contributed by atoms with E-state index in [-0.39, 0.29) is 11.1 Å². The van der Waals surface area contributed by atoms with Crippen molar-refractivity contribution < 1.29 is 8.42 Å². The Hall–Kier alpha value is -2.00. The number of aromatic nitrogens is 4. The van der Waals surface area contributed by atoms with E-state index < -0.39 is 10.0 Å². The first-order chi connectivity index (χ1) is 10.4. The topological polar surface area (TPSA) is 93.0 Å². The molecule has 9 heteroatoms. The number of hydrogen-bond donors (Lipinski definition) is 1. The number of nitrogens with one attached hydrogen (secondary N) is 1. The van der Waals surface area contributed by atoms with Gasteiger partial charge in [0, 0.05) is 32.9 Å². The highest BCUT2D eigenvalue weighted by Gasteiger charge is 2.41.